The van der Waals surface area contributed by atoms with Gasteiger partial charge in [-0.25, -0.2) is 9.97 Å². The van der Waals surface area contributed by atoms with Crippen LogP contribution in [0.25, 0.3) is 10.6 Å². The SMILES string of the molecule is COc1cccc(Oc2ccc(CNC(=O)Cc3csc(-c4ccc(C)cc4)n3)cn2)c1. The summed E-state index contributed by atoms with van der Waals surface area (Å²) >= 11 is 1.55. The van der Waals surface area contributed by atoms with Crippen LogP contribution in [0.2, 0.25) is 0 Å². The summed E-state index contributed by atoms with van der Waals surface area (Å²) in [6.45, 7) is 2.44. The van der Waals surface area contributed by atoms with E-state index in [2.05, 4.69) is 34.3 Å². The second-order valence-corrected chi connectivity index (χ2v) is 8.11. The van der Waals surface area contributed by atoms with Crippen molar-refractivity contribution in [3.05, 3.63) is 89.1 Å². The first-order valence-corrected chi connectivity index (χ1v) is 11.0. The van der Waals surface area contributed by atoms with E-state index >= 15 is 0 Å². The van der Waals surface area contributed by atoms with E-state index in [9.17, 15) is 4.79 Å². The lowest BCUT2D eigenvalue weighted by atomic mass is 10.2. The van der Waals surface area contributed by atoms with E-state index in [1.165, 1.54) is 5.56 Å². The average molecular weight is 446 g/mol. The van der Waals surface area contributed by atoms with Crippen LogP contribution in [0, 0.1) is 6.92 Å². The van der Waals surface area contributed by atoms with Gasteiger partial charge in [0.1, 0.15) is 16.5 Å². The minimum absolute atomic E-state index is 0.0811. The highest BCUT2D eigenvalue weighted by Gasteiger charge is 2.09. The lowest BCUT2D eigenvalue weighted by molar-refractivity contribution is -0.120. The van der Waals surface area contributed by atoms with Gasteiger partial charge in [0.15, 0.2) is 0 Å². The molecule has 1 amide bonds. The van der Waals surface area contributed by atoms with Gasteiger partial charge in [0, 0.05) is 35.8 Å². The molecule has 0 bridgehead atoms. The van der Waals surface area contributed by atoms with Crippen LogP contribution in [0.15, 0.2) is 72.2 Å². The van der Waals surface area contributed by atoms with Crippen molar-refractivity contribution in [1.29, 1.82) is 0 Å². The monoisotopic (exact) mass is 445 g/mol. The van der Waals surface area contributed by atoms with Crippen LogP contribution in [-0.4, -0.2) is 23.0 Å². The fourth-order valence-electron chi connectivity index (χ4n) is 3.01. The van der Waals surface area contributed by atoms with E-state index in [0.717, 1.165) is 21.8 Å². The molecule has 0 saturated carbocycles. The molecule has 0 unspecified atom stereocenters. The maximum atomic E-state index is 12.3. The zero-order valence-electron chi connectivity index (χ0n) is 17.9. The summed E-state index contributed by atoms with van der Waals surface area (Å²) in [7, 11) is 1.61. The van der Waals surface area contributed by atoms with Crippen molar-refractivity contribution in [2.75, 3.05) is 7.11 Å². The van der Waals surface area contributed by atoms with Gasteiger partial charge in [-0.05, 0) is 24.6 Å². The molecule has 7 heteroatoms. The maximum Gasteiger partial charge on any atom is 0.226 e. The van der Waals surface area contributed by atoms with Gasteiger partial charge in [0.05, 0.1) is 19.2 Å². The first kappa shape index (κ1) is 21.5. The van der Waals surface area contributed by atoms with E-state index in [-0.39, 0.29) is 12.3 Å². The number of methoxy groups -OCH3 is 1. The highest BCUT2D eigenvalue weighted by atomic mass is 32.1. The number of aromatic nitrogens is 2. The molecule has 0 spiro atoms. The molecule has 4 rings (SSSR count). The summed E-state index contributed by atoms with van der Waals surface area (Å²) in [6, 6.07) is 19.2. The van der Waals surface area contributed by atoms with Crippen LogP contribution in [-0.2, 0) is 17.8 Å². The average Bonchev–Trinajstić information content (AvgIpc) is 3.27. The number of hydrogen-bond donors (Lipinski definition) is 1. The Morgan fingerprint density at radius 2 is 1.88 bits per heavy atom. The summed E-state index contributed by atoms with van der Waals surface area (Å²) in [5.74, 6) is 1.75. The molecule has 0 aliphatic rings. The summed E-state index contributed by atoms with van der Waals surface area (Å²) in [4.78, 5) is 21.2. The number of nitrogens with zero attached hydrogens (tertiary/aromatic N) is 2. The molecule has 0 radical (unpaired) electrons. The number of benzene rings is 2. The van der Waals surface area contributed by atoms with Crippen LogP contribution >= 0.6 is 11.3 Å². The third-order valence-corrected chi connectivity index (χ3v) is 5.68. The molecular formula is C25H23N3O3S. The third kappa shape index (κ3) is 5.70. The topological polar surface area (TPSA) is 73.3 Å². The van der Waals surface area contributed by atoms with Gasteiger partial charge in [-0.15, -0.1) is 11.3 Å². The second-order valence-electron chi connectivity index (χ2n) is 7.25. The molecule has 0 aliphatic heterocycles. The quantitative estimate of drug-likeness (QED) is 0.405. The minimum atomic E-state index is -0.0811. The highest BCUT2D eigenvalue weighted by Crippen LogP contribution is 2.25. The first-order valence-electron chi connectivity index (χ1n) is 10.1. The predicted molar refractivity (Wildman–Crippen MR) is 125 cm³/mol. The molecule has 162 valence electrons. The van der Waals surface area contributed by atoms with Crippen molar-refractivity contribution in [2.24, 2.45) is 0 Å². The molecule has 0 aliphatic carbocycles. The van der Waals surface area contributed by atoms with E-state index in [4.69, 9.17) is 9.47 Å². The third-order valence-electron chi connectivity index (χ3n) is 4.74. The van der Waals surface area contributed by atoms with Crippen LogP contribution < -0.4 is 14.8 Å². The summed E-state index contributed by atoms with van der Waals surface area (Å²) in [5, 5.41) is 5.77. The number of carbonyl (C=O) groups is 1. The fraction of sp³-hybridized carbons (Fsp3) is 0.160. The van der Waals surface area contributed by atoms with Crippen molar-refractivity contribution in [3.63, 3.8) is 0 Å². The van der Waals surface area contributed by atoms with E-state index in [1.54, 1.807) is 36.8 Å². The lowest BCUT2D eigenvalue weighted by Gasteiger charge is -2.08. The molecule has 6 nitrogen and oxygen atoms in total. The largest absolute Gasteiger partial charge is 0.497 e. The number of pyridine rings is 1. The molecule has 0 atom stereocenters. The van der Waals surface area contributed by atoms with Gasteiger partial charge < -0.3 is 14.8 Å². The fourth-order valence-corrected chi connectivity index (χ4v) is 3.83. The Hall–Kier alpha value is -3.71. The van der Waals surface area contributed by atoms with Crippen molar-refractivity contribution in [1.82, 2.24) is 15.3 Å². The predicted octanol–water partition coefficient (Wildman–Crippen LogP) is 5.17. The smallest absolute Gasteiger partial charge is 0.226 e. The van der Waals surface area contributed by atoms with Crippen molar-refractivity contribution in [3.8, 4) is 28.0 Å². The summed E-state index contributed by atoms with van der Waals surface area (Å²) in [5.41, 5.74) is 3.92. The zero-order chi connectivity index (χ0) is 22.3. The van der Waals surface area contributed by atoms with Crippen LogP contribution in [0.4, 0.5) is 0 Å². The summed E-state index contributed by atoms with van der Waals surface area (Å²) in [6.07, 6.45) is 1.93. The number of ether oxygens (including phenoxy) is 2. The second kappa shape index (κ2) is 10.1. The molecule has 0 saturated heterocycles. The lowest BCUT2D eigenvalue weighted by Crippen LogP contribution is -2.24. The van der Waals surface area contributed by atoms with Crippen molar-refractivity contribution in [2.45, 2.75) is 19.9 Å². The van der Waals surface area contributed by atoms with Crippen molar-refractivity contribution < 1.29 is 14.3 Å². The Bertz CT molecular complexity index is 1190. The minimum Gasteiger partial charge on any atom is -0.497 e. The molecule has 0 fully saturated rings. The first-order chi connectivity index (χ1) is 15.6. The molecule has 2 aromatic carbocycles. The molecular weight excluding hydrogens is 422 g/mol. The molecule has 4 aromatic rings. The number of amides is 1. The van der Waals surface area contributed by atoms with E-state index in [0.29, 0.717) is 23.9 Å². The van der Waals surface area contributed by atoms with Gasteiger partial charge in [0.2, 0.25) is 11.8 Å². The molecule has 2 heterocycles. The Morgan fingerprint density at radius 3 is 2.62 bits per heavy atom. The number of aryl methyl sites for hydroxylation is 1. The number of hydrogen-bond acceptors (Lipinski definition) is 6. The number of carbonyl (C=O) groups excluding carboxylic acids is 1. The van der Waals surface area contributed by atoms with Crippen LogP contribution in [0.3, 0.4) is 0 Å². The molecule has 32 heavy (non-hydrogen) atoms. The highest BCUT2D eigenvalue weighted by molar-refractivity contribution is 7.13. The van der Waals surface area contributed by atoms with Gasteiger partial charge in [0.25, 0.3) is 0 Å². The normalized spacial score (nSPS) is 10.6. The number of thiazole rings is 1. The zero-order valence-corrected chi connectivity index (χ0v) is 18.7. The number of rotatable bonds is 8. The van der Waals surface area contributed by atoms with Gasteiger partial charge >= 0.3 is 0 Å². The Balaban J connectivity index is 1.28. The number of nitrogens with one attached hydrogen (secondary N) is 1. The van der Waals surface area contributed by atoms with Gasteiger partial charge in [-0.1, -0.05) is 42.0 Å². The van der Waals surface area contributed by atoms with Crippen LogP contribution in [0.5, 0.6) is 17.4 Å². The molecule has 2 aromatic heterocycles. The van der Waals surface area contributed by atoms with Crippen molar-refractivity contribution >= 4 is 17.2 Å². The Labute approximate surface area is 190 Å². The van der Waals surface area contributed by atoms with Gasteiger partial charge in [-0.2, -0.15) is 0 Å². The van der Waals surface area contributed by atoms with E-state index in [1.807, 2.05) is 41.8 Å². The van der Waals surface area contributed by atoms with E-state index < -0.39 is 0 Å². The standard InChI is InChI=1S/C25H23N3O3S/c1-17-6-9-19(10-7-17)25-28-20(16-32-25)12-23(29)26-14-18-8-11-24(27-15-18)31-22-5-3-4-21(13-22)30-2/h3-11,13,15-16H,12,14H2,1-2H3,(H,26,29). The van der Waals surface area contributed by atoms with Gasteiger partial charge in [-0.3, -0.25) is 4.79 Å². The Morgan fingerprint density at radius 1 is 1.06 bits per heavy atom. The summed E-state index contributed by atoms with van der Waals surface area (Å²) < 4.78 is 10.9. The maximum absolute atomic E-state index is 12.3. The molecule has 1 N–H and O–H groups in total. The Kier molecular flexibility index (Phi) is 6.77. The van der Waals surface area contributed by atoms with Crippen LogP contribution in [0.1, 0.15) is 16.8 Å².